The van der Waals surface area contributed by atoms with E-state index < -0.39 is 0 Å². The lowest BCUT2D eigenvalue weighted by Crippen LogP contribution is -2.27. The van der Waals surface area contributed by atoms with Crippen molar-refractivity contribution in [3.8, 4) is 5.75 Å². The van der Waals surface area contributed by atoms with Crippen LogP contribution in [0.2, 0.25) is 0 Å². The molecule has 1 amide bonds. The van der Waals surface area contributed by atoms with Gasteiger partial charge >= 0.3 is 0 Å². The molecular weight excluding hydrogens is 365 g/mol. The molecule has 2 aromatic carbocycles. The summed E-state index contributed by atoms with van der Waals surface area (Å²) in [5.41, 5.74) is 0.639. The van der Waals surface area contributed by atoms with E-state index in [4.69, 9.17) is 9.15 Å². The normalized spacial score (nSPS) is 10.7. The van der Waals surface area contributed by atoms with E-state index >= 15 is 0 Å². The Morgan fingerprint density at radius 3 is 2.74 bits per heavy atom. The summed E-state index contributed by atoms with van der Waals surface area (Å²) >= 11 is 3.38. The minimum absolute atomic E-state index is 0.244. The van der Waals surface area contributed by atoms with Gasteiger partial charge in [-0.15, -0.1) is 0 Å². The van der Waals surface area contributed by atoms with Crippen molar-refractivity contribution in [1.82, 2.24) is 5.32 Å². The van der Waals surface area contributed by atoms with Gasteiger partial charge in [0.1, 0.15) is 23.8 Å². The van der Waals surface area contributed by atoms with E-state index in [1.807, 2.05) is 18.2 Å². The number of hydrogen-bond donors (Lipinski definition) is 1. The molecule has 0 radical (unpaired) electrons. The predicted molar refractivity (Wildman–Crippen MR) is 88.1 cm³/mol. The summed E-state index contributed by atoms with van der Waals surface area (Å²) < 4.78 is 24.5. The predicted octanol–water partition coefficient (Wildman–Crippen LogP) is 4.14. The number of para-hydroxylation sites is 1. The van der Waals surface area contributed by atoms with Crippen molar-refractivity contribution < 1.29 is 18.3 Å². The van der Waals surface area contributed by atoms with Crippen LogP contribution in [-0.4, -0.2) is 19.1 Å². The number of carbonyl (C=O) groups is 1. The molecule has 118 valence electrons. The van der Waals surface area contributed by atoms with E-state index in [2.05, 4.69) is 21.2 Å². The van der Waals surface area contributed by atoms with Crippen LogP contribution in [0.25, 0.3) is 11.0 Å². The van der Waals surface area contributed by atoms with Crippen molar-refractivity contribution in [2.75, 3.05) is 13.2 Å². The third-order valence-electron chi connectivity index (χ3n) is 3.19. The Morgan fingerprint density at radius 1 is 1.22 bits per heavy atom. The Bertz CT molecular complexity index is 829. The van der Waals surface area contributed by atoms with Crippen LogP contribution in [0.4, 0.5) is 4.39 Å². The van der Waals surface area contributed by atoms with E-state index in [0.29, 0.717) is 17.9 Å². The first kappa shape index (κ1) is 15.6. The Kier molecular flexibility index (Phi) is 4.62. The molecule has 0 saturated carbocycles. The van der Waals surface area contributed by atoms with Crippen LogP contribution in [0.1, 0.15) is 10.6 Å². The van der Waals surface area contributed by atoms with Gasteiger partial charge in [-0.2, -0.15) is 0 Å². The second-order valence-electron chi connectivity index (χ2n) is 4.83. The lowest BCUT2D eigenvalue weighted by molar-refractivity contribution is 0.0921. The first-order valence-corrected chi connectivity index (χ1v) is 7.77. The Balaban J connectivity index is 1.54. The summed E-state index contributed by atoms with van der Waals surface area (Å²) in [5.74, 6) is 0.166. The third kappa shape index (κ3) is 3.71. The van der Waals surface area contributed by atoms with Crippen LogP contribution >= 0.6 is 15.9 Å². The molecule has 4 nitrogen and oxygen atoms in total. The molecule has 0 unspecified atom stereocenters. The SMILES string of the molecule is O=C(NCCOc1ccc(F)cc1)c1cc2cccc(Br)c2o1. The smallest absolute Gasteiger partial charge is 0.287 e. The van der Waals surface area contributed by atoms with Crippen molar-refractivity contribution in [2.24, 2.45) is 0 Å². The zero-order chi connectivity index (χ0) is 16.2. The fourth-order valence-corrected chi connectivity index (χ4v) is 2.55. The van der Waals surface area contributed by atoms with Crippen LogP contribution in [-0.2, 0) is 0 Å². The summed E-state index contributed by atoms with van der Waals surface area (Å²) in [5, 5.41) is 3.57. The number of carbonyl (C=O) groups excluding carboxylic acids is 1. The minimum Gasteiger partial charge on any atom is -0.492 e. The molecule has 23 heavy (non-hydrogen) atoms. The largest absolute Gasteiger partial charge is 0.492 e. The maximum Gasteiger partial charge on any atom is 0.287 e. The number of hydrogen-bond acceptors (Lipinski definition) is 3. The zero-order valence-corrected chi connectivity index (χ0v) is 13.6. The maximum atomic E-state index is 12.8. The van der Waals surface area contributed by atoms with Gasteiger partial charge in [-0.25, -0.2) is 4.39 Å². The van der Waals surface area contributed by atoms with E-state index in [-0.39, 0.29) is 24.1 Å². The third-order valence-corrected chi connectivity index (χ3v) is 3.81. The van der Waals surface area contributed by atoms with Crippen molar-refractivity contribution >= 4 is 32.8 Å². The number of amides is 1. The van der Waals surface area contributed by atoms with E-state index in [9.17, 15) is 9.18 Å². The molecule has 0 fully saturated rings. The molecule has 1 aromatic heterocycles. The molecule has 0 aliphatic rings. The molecule has 3 rings (SSSR count). The number of ether oxygens (including phenoxy) is 1. The molecule has 0 aliphatic carbocycles. The molecule has 0 bridgehead atoms. The van der Waals surface area contributed by atoms with Gasteiger partial charge in [0.2, 0.25) is 0 Å². The molecule has 0 saturated heterocycles. The number of rotatable bonds is 5. The number of nitrogens with one attached hydrogen (secondary N) is 1. The highest BCUT2D eigenvalue weighted by atomic mass is 79.9. The van der Waals surface area contributed by atoms with Gasteiger partial charge in [-0.1, -0.05) is 12.1 Å². The second kappa shape index (κ2) is 6.83. The number of fused-ring (bicyclic) bond motifs is 1. The summed E-state index contributed by atoms with van der Waals surface area (Å²) in [6.45, 7) is 0.593. The standard InChI is InChI=1S/C17H13BrFNO3/c18-14-3-1-2-11-10-15(23-16(11)14)17(21)20-8-9-22-13-6-4-12(19)5-7-13/h1-7,10H,8-9H2,(H,20,21). The Labute approximate surface area is 140 Å². The average molecular weight is 378 g/mol. The minimum atomic E-state index is -0.318. The van der Waals surface area contributed by atoms with Gasteiger partial charge in [0, 0.05) is 5.39 Å². The van der Waals surface area contributed by atoms with E-state index in [1.54, 1.807) is 6.07 Å². The van der Waals surface area contributed by atoms with Gasteiger partial charge < -0.3 is 14.5 Å². The molecule has 6 heteroatoms. The highest BCUT2D eigenvalue weighted by Gasteiger charge is 2.13. The van der Waals surface area contributed by atoms with Crippen LogP contribution in [0.15, 0.2) is 57.4 Å². The van der Waals surface area contributed by atoms with Crippen LogP contribution in [0.3, 0.4) is 0 Å². The van der Waals surface area contributed by atoms with Crippen LogP contribution in [0, 0.1) is 5.82 Å². The molecular formula is C17H13BrFNO3. The quantitative estimate of drug-likeness (QED) is 0.679. The van der Waals surface area contributed by atoms with Gasteiger partial charge in [0.05, 0.1) is 11.0 Å². The maximum absolute atomic E-state index is 12.8. The average Bonchev–Trinajstić information content (AvgIpc) is 2.99. The molecule has 1 heterocycles. The highest BCUT2D eigenvalue weighted by Crippen LogP contribution is 2.26. The van der Waals surface area contributed by atoms with Gasteiger partial charge in [-0.3, -0.25) is 4.79 Å². The van der Waals surface area contributed by atoms with Crippen molar-refractivity contribution in [3.05, 3.63) is 64.6 Å². The van der Waals surface area contributed by atoms with E-state index in [0.717, 1.165) is 9.86 Å². The molecule has 0 spiro atoms. The van der Waals surface area contributed by atoms with Gasteiger partial charge in [0.25, 0.3) is 5.91 Å². The highest BCUT2D eigenvalue weighted by molar-refractivity contribution is 9.10. The molecule has 0 atom stereocenters. The van der Waals surface area contributed by atoms with Crippen LogP contribution in [0.5, 0.6) is 5.75 Å². The van der Waals surface area contributed by atoms with Crippen molar-refractivity contribution in [3.63, 3.8) is 0 Å². The summed E-state index contributed by atoms with van der Waals surface area (Å²) in [6, 6.07) is 13.0. The second-order valence-corrected chi connectivity index (χ2v) is 5.68. The lowest BCUT2D eigenvalue weighted by atomic mass is 10.2. The monoisotopic (exact) mass is 377 g/mol. The first-order valence-electron chi connectivity index (χ1n) is 6.98. The Morgan fingerprint density at radius 2 is 2.00 bits per heavy atom. The van der Waals surface area contributed by atoms with Gasteiger partial charge in [0.15, 0.2) is 5.76 Å². The number of benzene rings is 2. The fraction of sp³-hybridized carbons (Fsp3) is 0.118. The molecule has 3 aromatic rings. The summed E-state index contributed by atoms with van der Waals surface area (Å²) in [6.07, 6.45) is 0. The summed E-state index contributed by atoms with van der Waals surface area (Å²) in [4.78, 5) is 12.1. The summed E-state index contributed by atoms with van der Waals surface area (Å²) in [7, 11) is 0. The van der Waals surface area contributed by atoms with E-state index in [1.165, 1.54) is 24.3 Å². The van der Waals surface area contributed by atoms with Crippen molar-refractivity contribution in [2.45, 2.75) is 0 Å². The molecule has 1 N–H and O–H groups in total. The first-order chi connectivity index (χ1) is 11.1. The lowest BCUT2D eigenvalue weighted by Gasteiger charge is -2.06. The number of halogens is 2. The van der Waals surface area contributed by atoms with Crippen LogP contribution < -0.4 is 10.1 Å². The number of furan rings is 1. The fourth-order valence-electron chi connectivity index (χ4n) is 2.09. The Hall–Kier alpha value is -2.34. The zero-order valence-electron chi connectivity index (χ0n) is 12.0. The molecule has 0 aliphatic heterocycles. The topological polar surface area (TPSA) is 51.5 Å². The van der Waals surface area contributed by atoms with Gasteiger partial charge in [-0.05, 0) is 52.3 Å². The van der Waals surface area contributed by atoms with Crippen molar-refractivity contribution in [1.29, 1.82) is 0 Å².